The Morgan fingerprint density at radius 1 is 1.58 bits per heavy atom. The fraction of sp³-hybridized carbons (Fsp3) is 0.182. The number of hydrogen-bond acceptors (Lipinski definition) is 5. The number of hydrogen-bond donors (Lipinski definition) is 3. The zero-order valence-corrected chi connectivity index (χ0v) is 10.9. The zero-order chi connectivity index (χ0) is 13.8. The Bertz CT molecular complexity index is 601. The molecule has 6 nitrogen and oxygen atoms in total. The van der Waals surface area contributed by atoms with Gasteiger partial charge in [-0.1, -0.05) is 11.8 Å². The van der Waals surface area contributed by atoms with Crippen LogP contribution >= 0.6 is 11.8 Å². The molecule has 0 unspecified atom stereocenters. The van der Waals surface area contributed by atoms with Crippen molar-refractivity contribution in [3.63, 3.8) is 0 Å². The lowest BCUT2D eigenvalue weighted by molar-refractivity contribution is 0.0953. The molecule has 1 aromatic heterocycles. The van der Waals surface area contributed by atoms with Gasteiger partial charge in [-0.2, -0.15) is 0 Å². The summed E-state index contributed by atoms with van der Waals surface area (Å²) in [4.78, 5) is 15.5. The van der Waals surface area contributed by atoms with Crippen molar-refractivity contribution in [2.24, 2.45) is 5.84 Å². The fourth-order valence-corrected chi connectivity index (χ4v) is 2.26. The molecule has 0 bridgehead atoms. The van der Waals surface area contributed by atoms with E-state index < -0.39 is 5.91 Å². The standard InChI is InChI=1S/C11H12FN5OS/c1-6-14-11(17-16-6)19-5-8-4-7(10(18)15-13)2-3-9(8)12/h2-4H,5,13H2,1H3,(H,15,18)(H,14,16,17). The smallest absolute Gasteiger partial charge is 0.265 e. The third kappa shape index (κ3) is 3.30. The van der Waals surface area contributed by atoms with Crippen molar-refractivity contribution in [2.75, 3.05) is 0 Å². The van der Waals surface area contributed by atoms with Gasteiger partial charge in [0.1, 0.15) is 11.6 Å². The number of H-pyrrole nitrogens is 1. The number of halogens is 1. The van der Waals surface area contributed by atoms with Crippen LogP contribution in [-0.2, 0) is 5.75 Å². The molecule has 0 spiro atoms. The first-order chi connectivity index (χ1) is 9.10. The highest BCUT2D eigenvalue weighted by molar-refractivity contribution is 7.98. The van der Waals surface area contributed by atoms with E-state index in [4.69, 9.17) is 5.84 Å². The van der Waals surface area contributed by atoms with Crippen LogP contribution in [-0.4, -0.2) is 21.1 Å². The minimum absolute atomic E-state index is 0.311. The van der Waals surface area contributed by atoms with Gasteiger partial charge in [0.05, 0.1) is 0 Å². The molecule has 0 radical (unpaired) electrons. The Morgan fingerprint density at radius 3 is 3.00 bits per heavy atom. The van der Waals surface area contributed by atoms with E-state index in [2.05, 4.69) is 15.2 Å². The van der Waals surface area contributed by atoms with Crippen molar-refractivity contribution in [1.82, 2.24) is 20.6 Å². The second-order valence-electron chi connectivity index (χ2n) is 3.77. The van der Waals surface area contributed by atoms with Crippen molar-refractivity contribution in [3.05, 3.63) is 41.0 Å². The number of rotatable bonds is 4. The summed E-state index contributed by atoms with van der Waals surface area (Å²) < 4.78 is 13.6. The van der Waals surface area contributed by atoms with Crippen molar-refractivity contribution in [1.29, 1.82) is 0 Å². The van der Waals surface area contributed by atoms with Gasteiger partial charge in [0.15, 0.2) is 0 Å². The van der Waals surface area contributed by atoms with Crippen LogP contribution in [0.5, 0.6) is 0 Å². The van der Waals surface area contributed by atoms with Gasteiger partial charge in [0.2, 0.25) is 5.16 Å². The normalized spacial score (nSPS) is 10.5. The topological polar surface area (TPSA) is 96.7 Å². The number of nitrogens with zero attached hydrogens (tertiary/aromatic N) is 2. The molecule has 0 aliphatic rings. The van der Waals surface area contributed by atoms with Crippen LogP contribution in [0.25, 0.3) is 0 Å². The Balaban J connectivity index is 2.12. The maximum atomic E-state index is 13.6. The third-order valence-electron chi connectivity index (χ3n) is 2.37. The first-order valence-electron chi connectivity index (χ1n) is 5.41. The summed E-state index contributed by atoms with van der Waals surface area (Å²) in [5.41, 5.74) is 2.71. The first-order valence-corrected chi connectivity index (χ1v) is 6.40. The molecule has 0 saturated heterocycles. The molecule has 4 N–H and O–H groups in total. The SMILES string of the molecule is Cc1nc(SCc2cc(C(=O)NN)ccc2F)n[nH]1. The largest absolute Gasteiger partial charge is 0.290 e. The average Bonchev–Trinajstić information content (AvgIpc) is 2.82. The summed E-state index contributed by atoms with van der Waals surface area (Å²) in [7, 11) is 0. The minimum Gasteiger partial charge on any atom is -0.290 e. The number of amides is 1. The van der Waals surface area contributed by atoms with Crippen molar-refractivity contribution in [3.8, 4) is 0 Å². The van der Waals surface area contributed by atoms with Gasteiger partial charge in [-0.15, -0.1) is 5.10 Å². The molecule has 0 fully saturated rings. The number of benzene rings is 1. The van der Waals surface area contributed by atoms with Crippen molar-refractivity contribution < 1.29 is 9.18 Å². The van der Waals surface area contributed by atoms with E-state index in [0.717, 1.165) is 0 Å². The van der Waals surface area contributed by atoms with E-state index in [1.165, 1.54) is 30.0 Å². The lowest BCUT2D eigenvalue weighted by Gasteiger charge is -2.04. The van der Waals surface area contributed by atoms with Crippen LogP contribution in [0.15, 0.2) is 23.4 Å². The molecule has 8 heteroatoms. The Morgan fingerprint density at radius 2 is 2.37 bits per heavy atom. The van der Waals surface area contributed by atoms with Crippen molar-refractivity contribution >= 4 is 17.7 Å². The number of aromatic nitrogens is 3. The van der Waals surface area contributed by atoms with Gasteiger partial charge >= 0.3 is 0 Å². The highest BCUT2D eigenvalue weighted by Crippen LogP contribution is 2.21. The van der Waals surface area contributed by atoms with Gasteiger partial charge in [0.25, 0.3) is 5.91 Å². The molecule has 1 amide bonds. The summed E-state index contributed by atoms with van der Waals surface area (Å²) >= 11 is 1.28. The first kappa shape index (κ1) is 13.5. The monoisotopic (exact) mass is 281 g/mol. The molecule has 2 rings (SSSR count). The quantitative estimate of drug-likeness (QED) is 0.338. The minimum atomic E-state index is -0.458. The maximum Gasteiger partial charge on any atom is 0.265 e. The van der Waals surface area contributed by atoms with Crippen LogP contribution in [0.3, 0.4) is 0 Å². The summed E-state index contributed by atoms with van der Waals surface area (Å²) in [5, 5.41) is 7.17. The summed E-state index contributed by atoms with van der Waals surface area (Å²) in [6, 6.07) is 4.08. The Kier molecular flexibility index (Phi) is 4.13. The number of nitrogens with one attached hydrogen (secondary N) is 2. The second-order valence-corrected chi connectivity index (χ2v) is 4.71. The molecular formula is C11H12FN5OS. The molecule has 0 aliphatic carbocycles. The lowest BCUT2D eigenvalue weighted by Crippen LogP contribution is -2.30. The second kappa shape index (κ2) is 5.81. The number of nitrogens with two attached hydrogens (primary N) is 1. The van der Waals surface area contributed by atoms with E-state index in [1.807, 2.05) is 5.43 Å². The summed E-state index contributed by atoms with van der Waals surface area (Å²) in [6.07, 6.45) is 0. The Hall–Kier alpha value is -1.93. The lowest BCUT2D eigenvalue weighted by atomic mass is 10.1. The number of aromatic amines is 1. The maximum absolute atomic E-state index is 13.6. The van der Waals surface area contributed by atoms with Crippen LogP contribution in [0.1, 0.15) is 21.7 Å². The van der Waals surface area contributed by atoms with Gasteiger partial charge < -0.3 is 0 Å². The number of nitrogen functional groups attached to an aromatic ring is 1. The molecule has 100 valence electrons. The average molecular weight is 281 g/mol. The summed E-state index contributed by atoms with van der Waals surface area (Å²) in [6.45, 7) is 1.78. The van der Waals surface area contributed by atoms with E-state index in [1.54, 1.807) is 6.92 Å². The molecular weight excluding hydrogens is 269 g/mol. The van der Waals surface area contributed by atoms with Crippen LogP contribution in [0, 0.1) is 12.7 Å². The summed E-state index contributed by atoms with van der Waals surface area (Å²) in [5.74, 6) is 5.22. The Labute approximate surface area is 113 Å². The molecule has 19 heavy (non-hydrogen) atoms. The molecule has 0 atom stereocenters. The highest BCUT2D eigenvalue weighted by Gasteiger charge is 2.10. The van der Waals surface area contributed by atoms with Crippen molar-refractivity contribution in [2.45, 2.75) is 17.8 Å². The number of carbonyl (C=O) groups excluding carboxylic acids is 1. The van der Waals surface area contributed by atoms with E-state index in [0.29, 0.717) is 27.9 Å². The van der Waals surface area contributed by atoms with Crippen LogP contribution < -0.4 is 11.3 Å². The van der Waals surface area contributed by atoms with E-state index in [-0.39, 0.29) is 5.82 Å². The van der Waals surface area contributed by atoms with Gasteiger partial charge in [-0.25, -0.2) is 15.2 Å². The van der Waals surface area contributed by atoms with E-state index in [9.17, 15) is 9.18 Å². The number of aryl methyl sites for hydroxylation is 1. The molecule has 1 aromatic carbocycles. The zero-order valence-electron chi connectivity index (χ0n) is 10.1. The molecule has 1 heterocycles. The number of thioether (sulfide) groups is 1. The predicted molar refractivity (Wildman–Crippen MR) is 68.7 cm³/mol. The predicted octanol–water partition coefficient (Wildman–Crippen LogP) is 1.15. The highest BCUT2D eigenvalue weighted by atomic mass is 32.2. The van der Waals surface area contributed by atoms with Crippen LogP contribution in [0.2, 0.25) is 0 Å². The van der Waals surface area contributed by atoms with Gasteiger partial charge in [-0.05, 0) is 30.7 Å². The van der Waals surface area contributed by atoms with Gasteiger partial charge in [-0.3, -0.25) is 15.3 Å². The fourth-order valence-electron chi connectivity index (χ4n) is 1.44. The number of hydrazine groups is 1. The molecule has 2 aromatic rings. The van der Waals surface area contributed by atoms with E-state index >= 15 is 0 Å². The van der Waals surface area contributed by atoms with Crippen LogP contribution in [0.4, 0.5) is 4.39 Å². The molecule has 0 saturated carbocycles. The number of carbonyl (C=O) groups is 1. The molecule has 0 aliphatic heterocycles. The third-order valence-corrected chi connectivity index (χ3v) is 3.27. The van der Waals surface area contributed by atoms with Gasteiger partial charge in [0, 0.05) is 11.3 Å².